The van der Waals surface area contributed by atoms with Crippen molar-refractivity contribution in [3.8, 4) is 5.75 Å². The number of aliphatic carboxylic acids is 1. The number of Topliss-reactive ketones (excluding diaryl/α,β-unsaturated/α-hetero) is 1. The third-order valence-electron chi connectivity index (χ3n) is 5.79. The second-order valence-corrected chi connectivity index (χ2v) is 7.76. The van der Waals surface area contributed by atoms with E-state index in [1.54, 1.807) is 6.07 Å². The molecular weight excluding hydrogens is 359 g/mol. The van der Waals surface area contributed by atoms with E-state index >= 15 is 0 Å². The van der Waals surface area contributed by atoms with Crippen molar-refractivity contribution in [1.29, 1.82) is 0 Å². The topological polar surface area (TPSA) is 63.6 Å². The lowest BCUT2D eigenvalue weighted by molar-refractivity contribution is -0.142. The lowest BCUT2D eigenvalue weighted by Crippen LogP contribution is -2.26. The van der Waals surface area contributed by atoms with Crippen molar-refractivity contribution in [2.24, 2.45) is 11.8 Å². The molecule has 0 aromatic heterocycles. The molecule has 0 saturated heterocycles. The zero-order chi connectivity index (χ0) is 19.7. The van der Waals surface area contributed by atoms with Gasteiger partial charge in [0.05, 0.1) is 11.5 Å². The van der Waals surface area contributed by atoms with Crippen molar-refractivity contribution in [3.05, 3.63) is 65.0 Å². The van der Waals surface area contributed by atoms with E-state index in [-0.39, 0.29) is 17.3 Å². The maximum Gasteiger partial charge on any atom is 0.307 e. The summed E-state index contributed by atoms with van der Waals surface area (Å²) >= 11 is 0. The molecule has 2 aromatic rings. The number of carboxylic acid groups (broad SMARTS) is 1. The number of ketones is 1. The molecule has 0 spiro atoms. The van der Waals surface area contributed by atoms with E-state index < -0.39 is 23.6 Å². The fourth-order valence-electron chi connectivity index (χ4n) is 4.10. The van der Waals surface area contributed by atoms with Crippen LogP contribution in [0.2, 0.25) is 0 Å². The molecule has 2 saturated carbocycles. The fraction of sp³-hybridized carbons (Fsp3) is 0.391. The summed E-state index contributed by atoms with van der Waals surface area (Å²) in [4.78, 5) is 24.4. The average Bonchev–Trinajstić information content (AvgIpc) is 3.41. The van der Waals surface area contributed by atoms with Crippen molar-refractivity contribution >= 4 is 11.8 Å². The summed E-state index contributed by atoms with van der Waals surface area (Å²) in [6.45, 7) is 0.330. The first kappa shape index (κ1) is 18.7. The SMILES string of the molecule is O=C(O)[C@@H]1CCC[C@H]1C(=O)c1cc(C2CC2)c(OCc2ccccc2)cc1F. The molecule has 0 heterocycles. The van der Waals surface area contributed by atoms with Crippen molar-refractivity contribution in [2.45, 2.75) is 44.6 Å². The standard InChI is InChI=1S/C23H23FO4/c24-20-12-21(28-13-14-5-2-1-3-6-14)18(15-9-10-15)11-19(20)22(25)16-7-4-8-17(16)23(26)27/h1-3,5-6,11-12,15-17H,4,7-10,13H2,(H,26,27)/t16-,17-/m1/s1. The molecule has 5 heteroatoms. The minimum absolute atomic E-state index is 0.00658. The molecule has 0 radical (unpaired) electrons. The van der Waals surface area contributed by atoms with Gasteiger partial charge in [0.15, 0.2) is 5.78 Å². The molecule has 1 N–H and O–H groups in total. The maximum atomic E-state index is 14.8. The number of hydrogen-bond donors (Lipinski definition) is 1. The van der Waals surface area contributed by atoms with Crippen molar-refractivity contribution in [2.75, 3.05) is 0 Å². The predicted octanol–water partition coefficient (Wildman–Crippen LogP) is 4.97. The normalized spacial score (nSPS) is 21.5. The fourth-order valence-corrected chi connectivity index (χ4v) is 4.10. The van der Waals surface area contributed by atoms with Crippen LogP contribution in [-0.2, 0) is 11.4 Å². The molecule has 2 aromatic carbocycles. The number of rotatable bonds is 7. The van der Waals surface area contributed by atoms with Crippen molar-refractivity contribution < 1.29 is 23.8 Å². The van der Waals surface area contributed by atoms with Gasteiger partial charge in [-0.3, -0.25) is 9.59 Å². The lowest BCUT2D eigenvalue weighted by atomic mass is 9.87. The summed E-state index contributed by atoms with van der Waals surface area (Å²) in [5.41, 5.74) is 1.85. The van der Waals surface area contributed by atoms with Gasteiger partial charge in [0.25, 0.3) is 0 Å². The predicted molar refractivity (Wildman–Crippen MR) is 102 cm³/mol. The molecule has 0 aliphatic heterocycles. The van der Waals surface area contributed by atoms with Crippen LogP contribution in [0.4, 0.5) is 4.39 Å². The molecular formula is C23H23FO4. The van der Waals surface area contributed by atoms with Crippen LogP contribution in [0.5, 0.6) is 5.75 Å². The highest BCUT2D eigenvalue weighted by Crippen LogP contribution is 2.46. The van der Waals surface area contributed by atoms with Gasteiger partial charge in [0, 0.05) is 12.0 Å². The summed E-state index contributed by atoms with van der Waals surface area (Å²) in [6.07, 6.45) is 3.63. The van der Waals surface area contributed by atoms with Crippen LogP contribution in [0.3, 0.4) is 0 Å². The largest absolute Gasteiger partial charge is 0.489 e. The van der Waals surface area contributed by atoms with Crippen molar-refractivity contribution in [1.82, 2.24) is 0 Å². The minimum atomic E-state index is -0.971. The molecule has 4 nitrogen and oxygen atoms in total. The third-order valence-corrected chi connectivity index (χ3v) is 5.79. The summed E-state index contributed by atoms with van der Waals surface area (Å²) in [7, 11) is 0. The molecule has 2 atom stereocenters. The summed E-state index contributed by atoms with van der Waals surface area (Å²) < 4.78 is 20.7. The van der Waals surface area contributed by atoms with Gasteiger partial charge in [-0.25, -0.2) is 4.39 Å². The maximum absolute atomic E-state index is 14.8. The molecule has 0 amide bonds. The smallest absolute Gasteiger partial charge is 0.307 e. The summed E-state index contributed by atoms with van der Waals surface area (Å²) in [5, 5.41) is 9.36. The van der Waals surface area contributed by atoms with E-state index in [4.69, 9.17) is 4.74 Å². The van der Waals surface area contributed by atoms with Gasteiger partial charge in [-0.15, -0.1) is 0 Å². The van der Waals surface area contributed by atoms with Crippen LogP contribution in [-0.4, -0.2) is 16.9 Å². The van der Waals surface area contributed by atoms with E-state index in [1.165, 1.54) is 6.07 Å². The van der Waals surface area contributed by atoms with E-state index in [9.17, 15) is 19.1 Å². The van der Waals surface area contributed by atoms with Crippen LogP contribution in [0.15, 0.2) is 42.5 Å². The zero-order valence-corrected chi connectivity index (χ0v) is 15.6. The molecule has 0 unspecified atom stereocenters. The van der Waals surface area contributed by atoms with Crippen LogP contribution >= 0.6 is 0 Å². The van der Waals surface area contributed by atoms with E-state index in [0.29, 0.717) is 31.6 Å². The number of carbonyl (C=O) groups is 2. The Hall–Kier alpha value is -2.69. The second-order valence-electron chi connectivity index (χ2n) is 7.76. The van der Waals surface area contributed by atoms with Gasteiger partial charge in [-0.1, -0.05) is 36.8 Å². The van der Waals surface area contributed by atoms with Crippen LogP contribution in [0.25, 0.3) is 0 Å². The number of ether oxygens (including phenoxy) is 1. The monoisotopic (exact) mass is 382 g/mol. The molecule has 2 aliphatic rings. The zero-order valence-electron chi connectivity index (χ0n) is 15.6. The van der Waals surface area contributed by atoms with E-state index in [2.05, 4.69) is 0 Å². The summed E-state index contributed by atoms with van der Waals surface area (Å²) in [5.74, 6) is -2.60. The Balaban J connectivity index is 1.60. The van der Waals surface area contributed by atoms with Crippen LogP contribution in [0.1, 0.15) is 59.5 Å². The first-order valence-electron chi connectivity index (χ1n) is 9.81. The number of halogens is 1. The molecule has 28 heavy (non-hydrogen) atoms. The Morgan fingerprint density at radius 2 is 1.75 bits per heavy atom. The number of hydrogen-bond acceptors (Lipinski definition) is 3. The Bertz CT molecular complexity index is 889. The second kappa shape index (κ2) is 7.74. The first-order valence-corrected chi connectivity index (χ1v) is 9.81. The molecule has 0 bridgehead atoms. The Kier molecular flexibility index (Phi) is 5.16. The van der Waals surface area contributed by atoms with Crippen molar-refractivity contribution in [3.63, 3.8) is 0 Å². The Labute approximate surface area is 163 Å². The van der Waals surface area contributed by atoms with Gasteiger partial charge in [-0.05, 0) is 48.8 Å². The van der Waals surface area contributed by atoms with Gasteiger partial charge >= 0.3 is 5.97 Å². The molecule has 2 aliphatic carbocycles. The highest BCUT2D eigenvalue weighted by Gasteiger charge is 2.39. The van der Waals surface area contributed by atoms with E-state index in [1.807, 2.05) is 30.3 Å². The van der Waals surface area contributed by atoms with Crippen LogP contribution < -0.4 is 4.74 Å². The average molecular weight is 382 g/mol. The quantitative estimate of drug-likeness (QED) is 0.687. The number of benzene rings is 2. The first-order chi connectivity index (χ1) is 13.5. The summed E-state index contributed by atoms with van der Waals surface area (Å²) in [6, 6.07) is 12.6. The number of carboxylic acids is 1. The highest BCUT2D eigenvalue weighted by atomic mass is 19.1. The Morgan fingerprint density at radius 3 is 2.43 bits per heavy atom. The van der Waals surface area contributed by atoms with Crippen LogP contribution in [0, 0.1) is 17.7 Å². The lowest BCUT2D eigenvalue weighted by Gasteiger charge is -2.17. The highest BCUT2D eigenvalue weighted by molar-refractivity contribution is 6.00. The molecule has 2 fully saturated rings. The van der Waals surface area contributed by atoms with Gasteiger partial charge < -0.3 is 9.84 Å². The molecule has 146 valence electrons. The minimum Gasteiger partial charge on any atom is -0.489 e. The van der Waals surface area contributed by atoms with Gasteiger partial charge in [0.2, 0.25) is 0 Å². The Morgan fingerprint density at radius 1 is 1.04 bits per heavy atom. The third kappa shape index (κ3) is 3.79. The van der Waals surface area contributed by atoms with Gasteiger partial charge in [-0.2, -0.15) is 0 Å². The number of carbonyl (C=O) groups excluding carboxylic acids is 1. The van der Waals surface area contributed by atoms with E-state index in [0.717, 1.165) is 24.0 Å². The molecule has 4 rings (SSSR count). The van der Waals surface area contributed by atoms with Gasteiger partial charge in [0.1, 0.15) is 18.2 Å².